The molecule has 0 unspecified atom stereocenters. The van der Waals surface area contributed by atoms with E-state index < -0.39 is 0 Å². The standard InChI is InChI=1S/C14H14N2/c1-14(2,3)13-8-10(9-15)11-6-4-5-7-12(11)16-13/h4-8H,1-3H3. The second-order valence-electron chi connectivity index (χ2n) is 4.93. The fourth-order valence-corrected chi connectivity index (χ4v) is 1.65. The summed E-state index contributed by atoms with van der Waals surface area (Å²) in [6, 6.07) is 11.9. The molecule has 2 nitrogen and oxygen atoms in total. The number of para-hydroxylation sites is 1. The van der Waals surface area contributed by atoms with E-state index in [0.717, 1.165) is 16.6 Å². The van der Waals surface area contributed by atoms with Crippen molar-refractivity contribution in [3.8, 4) is 6.07 Å². The summed E-state index contributed by atoms with van der Waals surface area (Å²) in [6.45, 7) is 6.31. The van der Waals surface area contributed by atoms with Gasteiger partial charge in [0.2, 0.25) is 0 Å². The molecule has 2 heteroatoms. The number of hydrogen-bond acceptors (Lipinski definition) is 2. The third-order valence-electron chi connectivity index (χ3n) is 2.61. The van der Waals surface area contributed by atoms with Gasteiger partial charge in [-0.2, -0.15) is 5.26 Å². The molecule has 0 saturated carbocycles. The van der Waals surface area contributed by atoms with Gasteiger partial charge in [-0.05, 0) is 12.1 Å². The first kappa shape index (κ1) is 10.6. The molecule has 0 fully saturated rings. The highest BCUT2D eigenvalue weighted by Gasteiger charge is 2.17. The minimum absolute atomic E-state index is 0.0321. The predicted octanol–water partition coefficient (Wildman–Crippen LogP) is 3.40. The van der Waals surface area contributed by atoms with Crippen LogP contribution < -0.4 is 0 Å². The van der Waals surface area contributed by atoms with E-state index in [1.807, 2.05) is 30.3 Å². The molecule has 1 aromatic carbocycles. The number of nitrogens with zero attached hydrogens (tertiary/aromatic N) is 2. The molecule has 2 aromatic rings. The van der Waals surface area contributed by atoms with Crippen molar-refractivity contribution in [2.24, 2.45) is 0 Å². The van der Waals surface area contributed by atoms with Gasteiger partial charge < -0.3 is 0 Å². The summed E-state index contributed by atoms with van der Waals surface area (Å²) in [5.74, 6) is 0. The second-order valence-corrected chi connectivity index (χ2v) is 4.93. The van der Waals surface area contributed by atoms with Gasteiger partial charge in [-0.25, -0.2) is 0 Å². The lowest BCUT2D eigenvalue weighted by molar-refractivity contribution is 0.571. The molecule has 0 aliphatic carbocycles. The van der Waals surface area contributed by atoms with Crippen LogP contribution in [0.5, 0.6) is 0 Å². The lowest BCUT2D eigenvalue weighted by atomic mass is 9.90. The fraction of sp³-hybridized carbons (Fsp3) is 0.286. The van der Waals surface area contributed by atoms with Gasteiger partial charge in [0, 0.05) is 16.5 Å². The number of fused-ring (bicyclic) bond motifs is 1. The van der Waals surface area contributed by atoms with E-state index in [9.17, 15) is 0 Å². The molecule has 0 N–H and O–H groups in total. The van der Waals surface area contributed by atoms with Crippen LogP contribution in [0.2, 0.25) is 0 Å². The molecule has 80 valence electrons. The molecule has 1 heterocycles. The van der Waals surface area contributed by atoms with Crippen LogP contribution in [-0.2, 0) is 5.41 Å². The molecule has 0 aliphatic rings. The minimum Gasteiger partial charge on any atom is -0.252 e. The monoisotopic (exact) mass is 210 g/mol. The Hall–Kier alpha value is -1.88. The number of aromatic nitrogens is 1. The first-order valence-corrected chi connectivity index (χ1v) is 5.33. The van der Waals surface area contributed by atoms with Crippen molar-refractivity contribution in [2.75, 3.05) is 0 Å². The number of benzene rings is 1. The Morgan fingerprint density at radius 2 is 1.88 bits per heavy atom. The maximum Gasteiger partial charge on any atom is 0.0999 e. The quantitative estimate of drug-likeness (QED) is 0.668. The van der Waals surface area contributed by atoms with Gasteiger partial charge >= 0.3 is 0 Å². The van der Waals surface area contributed by atoms with Gasteiger partial charge in [0.25, 0.3) is 0 Å². The second kappa shape index (κ2) is 3.61. The van der Waals surface area contributed by atoms with E-state index in [4.69, 9.17) is 5.26 Å². The highest BCUT2D eigenvalue weighted by molar-refractivity contribution is 5.84. The Bertz CT molecular complexity index is 571. The number of hydrogen-bond donors (Lipinski definition) is 0. The molecular formula is C14H14N2. The zero-order valence-corrected chi connectivity index (χ0v) is 9.78. The van der Waals surface area contributed by atoms with E-state index >= 15 is 0 Å². The van der Waals surface area contributed by atoms with Crippen LogP contribution in [0.1, 0.15) is 32.0 Å². The van der Waals surface area contributed by atoms with Crippen molar-refractivity contribution in [3.63, 3.8) is 0 Å². The number of rotatable bonds is 0. The average molecular weight is 210 g/mol. The fourth-order valence-electron chi connectivity index (χ4n) is 1.65. The molecule has 0 spiro atoms. The first-order chi connectivity index (χ1) is 7.52. The lowest BCUT2D eigenvalue weighted by Crippen LogP contribution is -2.13. The topological polar surface area (TPSA) is 36.7 Å². The van der Waals surface area contributed by atoms with Crippen LogP contribution in [0.3, 0.4) is 0 Å². The van der Waals surface area contributed by atoms with E-state index in [1.165, 1.54) is 0 Å². The molecule has 0 radical (unpaired) electrons. The average Bonchev–Trinajstić information content (AvgIpc) is 2.26. The number of nitriles is 1. The molecule has 0 atom stereocenters. The highest BCUT2D eigenvalue weighted by Crippen LogP contribution is 2.25. The van der Waals surface area contributed by atoms with E-state index in [1.54, 1.807) is 0 Å². The Labute approximate surface area is 95.6 Å². The predicted molar refractivity (Wildman–Crippen MR) is 65.2 cm³/mol. The van der Waals surface area contributed by atoms with Crippen LogP contribution in [0, 0.1) is 11.3 Å². The van der Waals surface area contributed by atoms with Crippen LogP contribution in [0.25, 0.3) is 10.9 Å². The minimum atomic E-state index is -0.0321. The summed E-state index contributed by atoms with van der Waals surface area (Å²) in [5, 5.41) is 10.1. The van der Waals surface area contributed by atoms with Gasteiger partial charge in [-0.1, -0.05) is 39.0 Å². The van der Waals surface area contributed by atoms with Crippen LogP contribution in [-0.4, -0.2) is 4.98 Å². The highest BCUT2D eigenvalue weighted by atomic mass is 14.7. The van der Waals surface area contributed by atoms with Crippen molar-refractivity contribution in [3.05, 3.63) is 41.6 Å². The molecule has 0 aliphatic heterocycles. The SMILES string of the molecule is CC(C)(C)c1cc(C#N)c2ccccc2n1. The summed E-state index contributed by atoms with van der Waals surface area (Å²) in [6.07, 6.45) is 0. The third-order valence-corrected chi connectivity index (χ3v) is 2.61. The van der Waals surface area contributed by atoms with Crippen LogP contribution in [0.15, 0.2) is 30.3 Å². The van der Waals surface area contributed by atoms with Gasteiger partial charge in [-0.15, -0.1) is 0 Å². The molecule has 0 bridgehead atoms. The van der Waals surface area contributed by atoms with Crippen LogP contribution >= 0.6 is 0 Å². The molecule has 16 heavy (non-hydrogen) atoms. The Balaban J connectivity index is 2.80. The zero-order valence-electron chi connectivity index (χ0n) is 9.78. The van der Waals surface area contributed by atoms with Gasteiger partial charge in [0.05, 0.1) is 17.1 Å². The van der Waals surface area contributed by atoms with Crippen molar-refractivity contribution in [1.82, 2.24) is 4.98 Å². The summed E-state index contributed by atoms with van der Waals surface area (Å²) in [7, 11) is 0. The summed E-state index contributed by atoms with van der Waals surface area (Å²) < 4.78 is 0. The Morgan fingerprint density at radius 1 is 1.19 bits per heavy atom. The van der Waals surface area contributed by atoms with Gasteiger partial charge in [-0.3, -0.25) is 4.98 Å². The van der Waals surface area contributed by atoms with E-state index in [0.29, 0.717) is 5.56 Å². The lowest BCUT2D eigenvalue weighted by Gasteiger charge is -2.18. The summed E-state index contributed by atoms with van der Waals surface area (Å²) in [5.41, 5.74) is 2.53. The first-order valence-electron chi connectivity index (χ1n) is 5.33. The van der Waals surface area contributed by atoms with Gasteiger partial charge in [0.1, 0.15) is 0 Å². The maximum absolute atomic E-state index is 9.15. The molecule has 0 amide bonds. The van der Waals surface area contributed by atoms with E-state index in [2.05, 4.69) is 31.8 Å². The molecule has 2 rings (SSSR count). The number of pyridine rings is 1. The Kier molecular flexibility index (Phi) is 2.40. The molecule has 0 saturated heterocycles. The largest absolute Gasteiger partial charge is 0.252 e. The van der Waals surface area contributed by atoms with Gasteiger partial charge in [0.15, 0.2) is 0 Å². The van der Waals surface area contributed by atoms with E-state index in [-0.39, 0.29) is 5.41 Å². The van der Waals surface area contributed by atoms with Crippen molar-refractivity contribution >= 4 is 10.9 Å². The molecule has 1 aromatic heterocycles. The van der Waals surface area contributed by atoms with Crippen molar-refractivity contribution < 1.29 is 0 Å². The van der Waals surface area contributed by atoms with Crippen molar-refractivity contribution in [1.29, 1.82) is 5.26 Å². The molecular weight excluding hydrogens is 196 g/mol. The Morgan fingerprint density at radius 3 is 2.50 bits per heavy atom. The zero-order chi connectivity index (χ0) is 11.8. The normalized spacial score (nSPS) is 11.4. The third kappa shape index (κ3) is 1.77. The summed E-state index contributed by atoms with van der Waals surface area (Å²) in [4.78, 5) is 4.60. The maximum atomic E-state index is 9.15. The summed E-state index contributed by atoms with van der Waals surface area (Å²) >= 11 is 0. The van der Waals surface area contributed by atoms with Crippen molar-refractivity contribution in [2.45, 2.75) is 26.2 Å². The smallest absolute Gasteiger partial charge is 0.0999 e. The van der Waals surface area contributed by atoms with Crippen LogP contribution in [0.4, 0.5) is 0 Å².